The first kappa shape index (κ1) is 8.84. The number of methoxy groups -OCH3 is 1. The Hall–Kier alpha value is -1.25. The Bertz CT molecular complexity index is 238. The average Bonchev–Trinajstić information content (AvgIpc) is 2.56. The topological polar surface area (TPSA) is 39.4 Å². The van der Waals surface area contributed by atoms with Gasteiger partial charge in [-0.25, -0.2) is 0 Å². The second kappa shape index (κ2) is 3.95. The molecule has 0 aliphatic carbocycles. The Kier molecular flexibility index (Phi) is 2.91. The molecule has 1 heterocycles. The molecule has 66 valence electrons. The van der Waals surface area contributed by atoms with Gasteiger partial charge < -0.3 is 9.15 Å². The van der Waals surface area contributed by atoms with Crippen molar-refractivity contribution >= 4 is 5.97 Å². The van der Waals surface area contributed by atoms with Gasteiger partial charge in [0.1, 0.15) is 5.76 Å². The quantitative estimate of drug-likeness (QED) is 0.647. The fourth-order valence-electron chi connectivity index (χ4n) is 1.01. The van der Waals surface area contributed by atoms with Gasteiger partial charge in [-0.1, -0.05) is 6.92 Å². The van der Waals surface area contributed by atoms with Crippen molar-refractivity contribution in [1.29, 1.82) is 0 Å². The molecule has 0 saturated heterocycles. The third-order valence-corrected chi connectivity index (χ3v) is 1.73. The summed E-state index contributed by atoms with van der Waals surface area (Å²) in [4.78, 5) is 10.9. The lowest BCUT2D eigenvalue weighted by Crippen LogP contribution is -2.05. The lowest BCUT2D eigenvalue weighted by molar-refractivity contribution is -0.141. The highest BCUT2D eigenvalue weighted by atomic mass is 16.5. The number of rotatable bonds is 3. The summed E-state index contributed by atoms with van der Waals surface area (Å²) >= 11 is 0. The number of carbonyl (C=O) groups is 1. The van der Waals surface area contributed by atoms with Crippen molar-refractivity contribution in [3.8, 4) is 0 Å². The van der Waals surface area contributed by atoms with Gasteiger partial charge in [-0.2, -0.15) is 0 Å². The molecule has 3 heteroatoms. The molecule has 1 aromatic heterocycles. The van der Waals surface area contributed by atoms with Gasteiger partial charge in [0.25, 0.3) is 0 Å². The zero-order valence-electron chi connectivity index (χ0n) is 7.24. The van der Waals surface area contributed by atoms with E-state index in [9.17, 15) is 4.79 Å². The Morgan fingerprint density at radius 1 is 1.75 bits per heavy atom. The van der Waals surface area contributed by atoms with Crippen molar-refractivity contribution in [3.63, 3.8) is 0 Å². The van der Waals surface area contributed by atoms with Crippen molar-refractivity contribution in [3.05, 3.63) is 24.2 Å². The lowest BCUT2D eigenvalue weighted by Gasteiger charge is -2.05. The molecule has 0 amide bonds. The van der Waals surface area contributed by atoms with Gasteiger partial charge in [0, 0.05) is 5.92 Å². The van der Waals surface area contributed by atoms with E-state index >= 15 is 0 Å². The SMILES string of the molecule is COC(=O)CC(C)c1ccco1. The van der Waals surface area contributed by atoms with E-state index < -0.39 is 0 Å². The van der Waals surface area contributed by atoms with Gasteiger partial charge in [0.15, 0.2) is 0 Å². The first-order valence-corrected chi connectivity index (χ1v) is 3.84. The predicted octanol–water partition coefficient (Wildman–Crippen LogP) is 1.95. The average molecular weight is 168 g/mol. The van der Waals surface area contributed by atoms with Crippen LogP contribution in [-0.4, -0.2) is 13.1 Å². The maximum atomic E-state index is 10.9. The normalized spacial score (nSPS) is 12.5. The minimum atomic E-state index is -0.209. The van der Waals surface area contributed by atoms with E-state index in [2.05, 4.69) is 4.74 Å². The molecule has 0 N–H and O–H groups in total. The van der Waals surface area contributed by atoms with Gasteiger partial charge in [-0.15, -0.1) is 0 Å². The summed E-state index contributed by atoms with van der Waals surface area (Å²) in [5.74, 6) is 0.701. The molecule has 1 rings (SSSR count). The Morgan fingerprint density at radius 3 is 3.00 bits per heavy atom. The van der Waals surface area contributed by atoms with Crippen molar-refractivity contribution in [2.75, 3.05) is 7.11 Å². The first-order chi connectivity index (χ1) is 5.74. The van der Waals surface area contributed by atoms with Gasteiger partial charge in [0.05, 0.1) is 19.8 Å². The summed E-state index contributed by atoms with van der Waals surface area (Å²) in [7, 11) is 1.39. The third kappa shape index (κ3) is 2.12. The number of carbonyl (C=O) groups excluding carboxylic acids is 1. The van der Waals surface area contributed by atoms with E-state index in [4.69, 9.17) is 4.42 Å². The fourth-order valence-corrected chi connectivity index (χ4v) is 1.01. The second-order valence-electron chi connectivity index (χ2n) is 2.70. The smallest absolute Gasteiger partial charge is 0.306 e. The number of furan rings is 1. The maximum absolute atomic E-state index is 10.9. The van der Waals surface area contributed by atoms with Gasteiger partial charge in [-0.05, 0) is 12.1 Å². The van der Waals surface area contributed by atoms with Crippen LogP contribution in [-0.2, 0) is 9.53 Å². The highest BCUT2D eigenvalue weighted by Crippen LogP contribution is 2.19. The molecule has 0 bridgehead atoms. The summed E-state index contributed by atoms with van der Waals surface area (Å²) < 4.78 is 9.67. The van der Waals surface area contributed by atoms with E-state index in [0.717, 1.165) is 5.76 Å². The van der Waals surface area contributed by atoms with Crippen molar-refractivity contribution < 1.29 is 13.9 Å². The minimum absolute atomic E-state index is 0.0902. The van der Waals surface area contributed by atoms with Crippen LogP contribution in [0.25, 0.3) is 0 Å². The monoisotopic (exact) mass is 168 g/mol. The van der Waals surface area contributed by atoms with Crippen LogP contribution in [0.1, 0.15) is 25.0 Å². The highest BCUT2D eigenvalue weighted by Gasteiger charge is 2.12. The number of hydrogen-bond donors (Lipinski definition) is 0. The highest BCUT2D eigenvalue weighted by molar-refractivity contribution is 5.70. The minimum Gasteiger partial charge on any atom is -0.469 e. The number of esters is 1. The van der Waals surface area contributed by atoms with E-state index in [1.54, 1.807) is 6.26 Å². The van der Waals surface area contributed by atoms with Crippen molar-refractivity contribution in [1.82, 2.24) is 0 Å². The van der Waals surface area contributed by atoms with E-state index in [0.29, 0.717) is 6.42 Å². The zero-order valence-corrected chi connectivity index (χ0v) is 7.24. The molecule has 0 radical (unpaired) electrons. The van der Waals surface area contributed by atoms with Gasteiger partial charge in [0.2, 0.25) is 0 Å². The van der Waals surface area contributed by atoms with Crippen LogP contribution in [0, 0.1) is 0 Å². The molecule has 1 aromatic rings. The summed E-state index contributed by atoms with van der Waals surface area (Å²) in [5.41, 5.74) is 0. The van der Waals surface area contributed by atoms with Gasteiger partial charge in [-0.3, -0.25) is 4.79 Å². The molecule has 0 aliphatic heterocycles. The van der Waals surface area contributed by atoms with E-state index in [-0.39, 0.29) is 11.9 Å². The molecule has 0 saturated carbocycles. The van der Waals surface area contributed by atoms with Crippen LogP contribution in [0.15, 0.2) is 22.8 Å². The van der Waals surface area contributed by atoms with Crippen LogP contribution in [0.5, 0.6) is 0 Å². The Labute approximate surface area is 71.3 Å². The van der Waals surface area contributed by atoms with Gasteiger partial charge >= 0.3 is 5.97 Å². The molecule has 0 aliphatic rings. The lowest BCUT2D eigenvalue weighted by atomic mass is 10.1. The number of ether oxygens (including phenoxy) is 1. The Morgan fingerprint density at radius 2 is 2.50 bits per heavy atom. The second-order valence-corrected chi connectivity index (χ2v) is 2.70. The summed E-state index contributed by atoms with van der Waals surface area (Å²) in [6.45, 7) is 1.93. The molecule has 1 unspecified atom stereocenters. The zero-order chi connectivity index (χ0) is 8.97. The van der Waals surface area contributed by atoms with Crippen LogP contribution in [0.4, 0.5) is 0 Å². The third-order valence-electron chi connectivity index (χ3n) is 1.73. The molecular weight excluding hydrogens is 156 g/mol. The van der Waals surface area contributed by atoms with E-state index in [1.165, 1.54) is 7.11 Å². The van der Waals surface area contributed by atoms with Crippen molar-refractivity contribution in [2.24, 2.45) is 0 Å². The van der Waals surface area contributed by atoms with Crippen LogP contribution < -0.4 is 0 Å². The fraction of sp³-hybridized carbons (Fsp3) is 0.444. The summed E-state index contributed by atoms with van der Waals surface area (Å²) in [6, 6.07) is 3.66. The van der Waals surface area contributed by atoms with Crippen LogP contribution >= 0.6 is 0 Å². The maximum Gasteiger partial charge on any atom is 0.306 e. The molecule has 0 fully saturated rings. The van der Waals surface area contributed by atoms with Crippen LogP contribution in [0.2, 0.25) is 0 Å². The Balaban J connectivity index is 2.49. The molecule has 3 nitrogen and oxygen atoms in total. The predicted molar refractivity (Wildman–Crippen MR) is 43.8 cm³/mol. The number of hydrogen-bond acceptors (Lipinski definition) is 3. The largest absolute Gasteiger partial charge is 0.469 e. The molecule has 0 spiro atoms. The molecule has 1 atom stereocenters. The standard InChI is InChI=1S/C9H12O3/c1-7(6-9(10)11-2)8-4-3-5-12-8/h3-5,7H,6H2,1-2H3. The molecule has 0 aromatic carbocycles. The first-order valence-electron chi connectivity index (χ1n) is 3.84. The van der Waals surface area contributed by atoms with Crippen molar-refractivity contribution in [2.45, 2.75) is 19.3 Å². The summed E-state index contributed by atoms with van der Waals surface area (Å²) in [6.07, 6.45) is 1.97. The molecular formula is C9H12O3. The van der Waals surface area contributed by atoms with E-state index in [1.807, 2.05) is 19.1 Å². The van der Waals surface area contributed by atoms with Crippen LogP contribution in [0.3, 0.4) is 0 Å². The molecule has 12 heavy (non-hydrogen) atoms. The summed E-state index contributed by atoms with van der Waals surface area (Å²) in [5, 5.41) is 0.